The SMILES string of the molecule is CCCCCCCC(C)(CCCCCC)CC(O)CO. The molecule has 2 atom stereocenters. The molecule has 0 aromatic heterocycles. The molecule has 122 valence electrons. The first kappa shape index (κ1) is 19.9. The molecule has 0 heterocycles. The van der Waals surface area contributed by atoms with Gasteiger partial charge in [0.2, 0.25) is 0 Å². The van der Waals surface area contributed by atoms with Crippen LogP contribution in [0.3, 0.4) is 0 Å². The van der Waals surface area contributed by atoms with Crippen molar-refractivity contribution in [3.8, 4) is 0 Å². The van der Waals surface area contributed by atoms with E-state index in [4.69, 9.17) is 5.11 Å². The summed E-state index contributed by atoms with van der Waals surface area (Å²) in [7, 11) is 0. The lowest BCUT2D eigenvalue weighted by atomic mass is 9.75. The summed E-state index contributed by atoms with van der Waals surface area (Å²) in [5.74, 6) is 0. The number of unbranched alkanes of at least 4 members (excludes halogenated alkanes) is 7. The largest absolute Gasteiger partial charge is 0.394 e. The Kier molecular flexibility index (Phi) is 12.6. The second-order valence-corrected chi connectivity index (χ2v) is 6.83. The molecule has 0 fully saturated rings. The van der Waals surface area contributed by atoms with Crippen molar-refractivity contribution in [2.24, 2.45) is 5.41 Å². The fourth-order valence-corrected chi connectivity index (χ4v) is 3.10. The van der Waals surface area contributed by atoms with Gasteiger partial charge in [-0.3, -0.25) is 0 Å². The Bertz CT molecular complexity index is 206. The van der Waals surface area contributed by atoms with Crippen molar-refractivity contribution in [3.05, 3.63) is 0 Å². The van der Waals surface area contributed by atoms with Gasteiger partial charge < -0.3 is 10.2 Å². The van der Waals surface area contributed by atoms with Crippen molar-refractivity contribution >= 4 is 0 Å². The first-order valence-corrected chi connectivity index (χ1v) is 8.87. The quantitative estimate of drug-likeness (QED) is 0.438. The van der Waals surface area contributed by atoms with E-state index >= 15 is 0 Å². The van der Waals surface area contributed by atoms with Crippen LogP contribution in [0.4, 0.5) is 0 Å². The van der Waals surface area contributed by atoms with Crippen LogP contribution in [0.2, 0.25) is 0 Å². The average Bonchev–Trinajstić information content (AvgIpc) is 2.43. The van der Waals surface area contributed by atoms with Crippen molar-refractivity contribution in [1.82, 2.24) is 0 Å². The molecule has 2 heteroatoms. The number of rotatable bonds is 14. The van der Waals surface area contributed by atoms with E-state index in [1.165, 1.54) is 70.6 Å². The standard InChI is InChI=1S/C18H38O2/c1-4-6-8-10-12-14-18(3,15-17(20)16-19)13-11-9-7-5-2/h17,19-20H,4-16H2,1-3H3. The summed E-state index contributed by atoms with van der Waals surface area (Å²) < 4.78 is 0. The lowest BCUT2D eigenvalue weighted by Crippen LogP contribution is -2.26. The summed E-state index contributed by atoms with van der Waals surface area (Å²) >= 11 is 0. The van der Waals surface area contributed by atoms with Crippen LogP contribution >= 0.6 is 0 Å². The molecule has 0 aliphatic carbocycles. The topological polar surface area (TPSA) is 40.5 Å². The highest BCUT2D eigenvalue weighted by Gasteiger charge is 2.26. The lowest BCUT2D eigenvalue weighted by Gasteiger charge is -2.32. The zero-order valence-corrected chi connectivity index (χ0v) is 14.2. The smallest absolute Gasteiger partial charge is 0.0776 e. The van der Waals surface area contributed by atoms with Crippen LogP contribution in [-0.4, -0.2) is 22.9 Å². The molecule has 0 bridgehead atoms. The highest BCUT2D eigenvalue weighted by molar-refractivity contribution is 4.78. The van der Waals surface area contributed by atoms with Crippen molar-refractivity contribution in [3.63, 3.8) is 0 Å². The van der Waals surface area contributed by atoms with Crippen LogP contribution in [0.5, 0.6) is 0 Å². The first-order chi connectivity index (χ1) is 9.58. The third-order valence-corrected chi connectivity index (χ3v) is 4.46. The molecule has 0 aromatic carbocycles. The van der Waals surface area contributed by atoms with Crippen molar-refractivity contribution < 1.29 is 10.2 Å². The Morgan fingerprint density at radius 2 is 1.25 bits per heavy atom. The summed E-state index contributed by atoms with van der Waals surface area (Å²) in [6.07, 6.45) is 14.3. The highest BCUT2D eigenvalue weighted by atomic mass is 16.3. The Hall–Kier alpha value is -0.0800. The second kappa shape index (κ2) is 12.6. The van der Waals surface area contributed by atoms with Gasteiger partial charge in [-0.05, 0) is 24.7 Å². The molecule has 20 heavy (non-hydrogen) atoms. The van der Waals surface area contributed by atoms with E-state index in [0.29, 0.717) is 0 Å². The van der Waals surface area contributed by atoms with Gasteiger partial charge in [-0.2, -0.15) is 0 Å². The molecule has 0 aliphatic rings. The third kappa shape index (κ3) is 10.7. The molecule has 2 nitrogen and oxygen atoms in total. The predicted molar refractivity (Wildman–Crippen MR) is 88.0 cm³/mol. The molecule has 2 N–H and O–H groups in total. The van der Waals surface area contributed by atoms with E-state index in [-0.39, 0.29) is 12.0 Å². The zero-order chi connectivity index (χ0) is 15.3. The number of aliphatic hydroxyl groups is 2. The van der Waals surface area contributed by atoms with E-state index in [1.54, 1.807) is 0 Å². The minimum atomic E-state index is -0.540. The molecule has 0 saturated carbocycles. The van der Waals surface area contributed by atoms with Crippen molar-refractivity contribution in [2.75, 3.05) is 6.61 Å². The summed E-state index contributed by atoms with van der Waals surface area (Å²) in [6, 6.07) is 0. The van der Waals surface area contributed by atoms with Gasteiger partial charge in [-0.15, -0.1) is 0 Å². The molecule has 0 amide bonds. The highest BCUT2D eigenvalue weighted by Crippen LogP contribution is 2.36. The van der Waals surface area contributed by atoms with Gasteiger partial charge in [-0.25, -0.2) is 0 Å². The fourth-order valence-electron chi connectivity index (χ4n) is 3.10. The molecule has 2 unspecified atom stereocenters. The van der Waals surface area contributed by atoms with Gasteiger partial charge in [0.1, 0.15) is 0 Å². The van der Waals surface area contributed by atoms with Gasteiger partial charge in [0.15, 0.2) is 0 Å². The first-order valence-electron chi connectivity index (χ1n) is 8.87. The molecule has 0 spiro atoms. The number of aliphatic hydroxyl groups excluding tert-OH is 2. The average molecular weight is 286 g/mol. The fraction of sp³-hybridized carbons (Fsp3) is 1.00. The van der Waals surface area contributed by atoms with Gasteiger partial charge in [0, 0.05) is 0 Å². The minimum Gasteiger partial charge on any atom is -0.394 e. The summed E-state index contributed by atoms with van der Waals surface area (Å²) in [5.41, 5.74) is 0.210. The van der Waals surface area contributed by atoms with Crippen LogP contribution < -0.4 is 0 Å². The lowest BCUT2D eigenvalue weighted by molar-refractivity contribution is 0.0440. The molecule has 0 radical (unpaired) electrons. The Morgan fingerprint density at radius 3 is 1.70 bits per heavy atom. The van der Waals surface area contributed by atoms with E-state index in [9.17, 15) is 5.11 Å². The molecule has 0 aliphatic heterocycles. The second-order valence-electron chi connectivity index (χ2n) is 6.83. The van der Waals surface area contributed by atoms with Crippen molar-refractivity contribution in [2.45, 2.75) is 104 Å². The maximum absolute atomic E-state index is 9.79. The van der Waals surface area contributed by atoms with Crippen molar-refractivity contribution in [1.29, 1.82) is 0 Å². The zero-order valence-electron chi connectivity index (χ0n) is 14.2. The normalized spacial score (nSPS) is 16.1. The minimum absolute atomic E-state index is 0.0968. The van der Waals surface area contributed by atoms with E-state index in [1.807, 2.05) is 0 Å². The molecule has 0 aromatic rings. The van der Waals surface area contributed by atoms with Gasteiger partial charge in [0.05, 0.1) is 12.7 Å². The molecule has 0 rings (SSSR count). The van der Waals surface area contributed by atoms with E-state index < -0.39 is 6.10 Å². The van der Waals surface area contributed by atoms with Crippen LogP contribution in [0, 0.1) is 5.41 Å². The Labute approximate surface area is 127 Å². The molecule has 0 saturated heterocycles. The van der Waals surface area contributed by atoms with Gasteiger partial charge >= 0.3 is 0 Å². The van der Waals surface area contributed by atoms with Crippen LogP contribution in [-0.2, 0) is 0 Å². The summed E-state index contributed by atoms with van der Waals surface area (Å²) in [6.45, 7) is 6.69. The van der Waals surface area contributed by atoms with Gasteiger partial charge in [-0.1, -0.05) is 78.6 Å². The third-order valence-electron chi connectivity index (χ3n) is 4.46. The van der Waals surface area contributed by atoms with Crippen LogP contribution in [0.25, 0.3) is 0 Å². The monoisotopic (exact) mass is 286 g/mol. The maximum atomic E-state index is 9.79. The van der Waals surface area contributed by atoms with Gasteiger partial charge in [0.25, 0.3) is 0 Å². The van der Waals surface area contributed by atoms with E-state index in [0.717, 1.165) is 6.42 Å². The molecular weight excluding hydrogens is 248 g/mol. The Balaban J connectivity index is 4.08. The number of hydrogen-bond donors (Lipinski definition) is 2. The molecular formula is C18H38O2. The summed E-state index contributed by atoms with van der Waals surface area (Å²) in [5, 5.41) is 18.9. The van der Waals surface area contributed by atoms with E-state index in [2.05, 4.69) is 20.8 Å². The maximum Gasteiger partial charge on any atom is 0.0776 e. The number of hydrogen-bond acceptors (Lipinski definition) is 2. The predicted octanol–water partition coefficient (Wildman–Crippen LogP) is 5.07. The Morgan fingerprint density at radius 1 is 0.800 bits per heavy atom. The van der Waals surface area contributed by atoms with Crippen LogP contribution in [0.15, 0.2) is 0 Å². The van der Waals surface area contributed by atoms with Crippen LogP contribution in [0.1, 0.15) is 97.8 Å². The summed E-state index contributed by atoms with van der Waals surface area (Å²) in [4.78, 5) is 0.